The summed E-state index contributed by atoms with van der Waals surface area (Å²) in [6.07, 6.45) is 5.83. The number of amides is 5. The minimum atomic E-state index is -2.60. The lowest BCUT2D eigenvalue weighted by molar-refractivity contribution is -0.149. The van der Waals surface area contributed by atoms with Crippen LogP contribution in [-0.2, 0) is 82.9 Å². The molecule has 2 aliphatic heterocycles. The lowest BCUT2D eigenvalue weighted by Gasteiger charge is -2.41. The van der Waals surface area contributed by atoms with Gasteiger partial charge in [0.15, 0.2) is 0 Å². The number of carbonyl (C=O) groups is 6. The Bertz CT molecular complexity index is 2930. The number of likely N-dealkylation sites (tertiary alicyclic amines) is 2. The second-order valence-electron chi connectivity index (χ2n) is 23.5. The molecule has 5 amide bonds. The van der Waals surface area contributed by atoms with Crippen molar-refractivity contribution in [1.29, 1.82) is 0 Å². The van der Waals surface area contributed by atoms with E-state index in [2.05, 4.69) is 31.1 Å². The zero-order valence-electron chi connectivity index (χ0n) is 52.4. The van der Waals surface area contributed by atoms with E-state index < -0.39 is 76.5 Å². The van der Waals surface area contributed by atoms with Crippen LogP contribution in [0, 0.1) is 23.7 Å². The number of benzene rings is 2. The molecule has 490 valence electrons. The van der Waals surface area contributed by atoms with E-state index in [1.54, 1.807) is 69.8 Å². The fraction of sp³-hybridized carbons (Fsp3) is 0.645. The smallest absolute Gasteiger partial charge is 0.326 e. The van der Waals surface area contributed by atoms with Gasteiger partial charge in [0.25, 0.3) is 5.22 Å². The number of hydrogen-bond donors (Lipinski definition) is 3. The van der Waals surface area contributed by atoms with Crippen molar-refractivity contribution in [3.05, 3.63) is 72.1 Å². The largest absolute Gasteiger partial charge is 0.765 e. The Morgan fingerprint density at radius 2 is 1.55 bits per heavy atom. The molecule has 1 aliphatic carbocycles. The van der Waals surface area contributed by atoms with E-state index in [4.69, 9.17) is 32.8 Å². The third-order valence-corrected chi connectivity index (χ3v) is 17.7. The molecule has 12 atom stereocenters. The van der Waals surface area contributed by atoms with Gasteiger partial charge in [0.1, 0.15) is 30.5 Å². The molecule has 2 aromatic heterocycles. The quantitative estimate of drug-likeness (QED) is 0.0417. The van der Waals surface area contributed by atoms with Crippen molar-refractivity contribution in [1.82, 2.24) is 50.5 Å². The number of nitrogens with zero attached hydrogens (tertiary/aromatic N) is 8. The molecular weight excluding hydrogens is 1170 g/mol. The van der Waals surface area contributed by atoms with Gasteiger partial charge in [-0.2, -0.15) is 0 Å². The van der Waals surface area contributed by atoms with Crippen LogP contribution in [0.5, 0.6) is 5.75 Å². The predicted molar refractivity (Wildman–Crippen MR) is 322 cm³/mol. The van der Waals surface area contributed by atoms with E-state index in [9.17, 15) is 42.6 Å². The number of fused-ring (bicyclic) bond motifs is 2. The molecule has 7 rings (SSSR count). The highest BCUT2D eigenvalue weighted by Gasteiger charge is 2.52. The Morgan fingerprint density at radius 1 is 0.854 bits per heavy atom. The molecule has 3 N–H and O–H groups in total. The van der Waals surface area contributed by atoms with E-state index in [1.165, 1.54) is 14.2 Å². The lowest BCUT2D eigenvalue weighted by atomic mass is 9.89. The number of aryl methyl sites for hydroxylation is 1. The summed E-state index contributed by atoms with van der Waals surface area (Å²) < 4.78 is 63.4. The highest BCUT2D eigenvalue weighted by molar-refractivity contribution is 7.78. The summed E-state index contributed by atoms with van der Waals surface area (Å²) in [5.74, 6) is -3.31. The number of methoxy groups -OCH3 is 2. The molecule has 1 saturated carbocycles. The predicted octanol–water partition coefficient (Wildman–Crippen LogP) is 4.27. The van der Waals surface area contributed by atoms with Crippen molar-refractivity contribution < 1.29 is 75.5 Å². The molecular formula is C62H89N10O16S-. The second-order valence-corrected chi connectivity index (χ2v) is 24.3. The Hall–Kier alpha value is -6.75. The van der Waals surface area contributed by atoms with E-state index in [1.807, 2.05) is 52.1 Å². The van der Waals surface area contributed by atoms with E-state index >= 15 is 0 Å². The van der Waals surface area contributed by atoms with Crippen LogP contribution in [-0.4, -0.2) is 212 Å². The summed E-state index contributed by atoms with van der Waals surface area (Å²) in [6, 6.07) is 11.9. The molecule has 2 bridgehead atoms. The van der Waals surface area contributed by atoms with Gasteiger partial charge >= 0.3 is 5.97 Å². The summed E-state index contributed by atoms with van der Waals surface area (Å²) in [6.45, 7) is 12.9. The second kappa shape index (κ2) is 34.4. The van der Waals surface area contributed by atoms with Crippen LogP contribution in [0.4, 0.5) is 0 Å². The molecule has 27 heteroatoms. The number of carboxylic acids is 1. The van der Waals surface area contributed by atoms with E-state index in [0.29, 0.717) is 103 Å². The Balaban J connectivity index is 0.823. The van der Waals surface area contributed by atoms with Crippen LogP contribution in [0.2, 0.25) is 0 Å². The first-order chi connectivity index (χ1) is 42.8. The molecule has 89 heavy (non-hydrogen) atoms. The maximum absolute atomic E-state index is 14.8. The molecule has 3 aliphatic rings. The van der Waals surface area contributed by atoms with Gasteiger partial charge in [-0.25, -0.2) is 9.48 Å². The number of piperidine rings is 1. The first-order valence-electron chi connectivity index (χ1n) is 30.9. The highest BCUT2D eigenvalue weighted by atomic mass is 32.2. The van der Waals surface area contributed by atoms with Gasteiger partial charge in [0.2, 0.25) is 35.4 Å². The van der Waals surface area contributed by atoms with E-state index in [0.717, 1.165) is 30.5 Å². The zero-order valence-corrected chi connectivity index (χ0v) is 53.2. The Kier molecular flexibility index (Phi) is 27.0. The minimum absolute atomic E-state index is 0.0321. The average molecular weight is 1260 g/mol. The van der Waals surface area contributed by atoms with Crippen molar-refractivity contribution in [2.45, 2.75) is 165 Å². The first-order valence-corrected chi connectivity index (χ1v) is 32.0. The maximum Gasteiger partial charge on any atom is 0.326 e. The molecule has 0 radical (unpaired) electrons. The van der Waals surface area contributed by atoms with Gasteiger partial charge in [0, 0.05) is 69.5 Å². The number of carbonyl (C=O) groups excluding carboxylic acids is 5. The monoisotopic (exact) mass is 1260 g/mol. The zero-order chi connectivity index (χ0) is 64.1. The molecule has 4 heterocycles. The lowest BCUT2D eigenvalue weighted by Crippen LogP contribution is -2.60. The van der Waals surface area contributed by atoms with Crippen LogP contribution >= 0.6 is 0 Å². The van der Waals surface area contributed by atoms with Crippen molar-refractivity contribution in [2.75, 3.05) is 74.1 Å². The molecule has 0 spiro atoms. The summed E-state index contributed by atoms with van der Waals surface area (Å²) >= 11 is -2.60. The molecule has 2 aromatic carbocycles. The number of hydrogen-bond acceptors (Lipinski definition) is 19. The van der Waals surface area contributed by atoms with Crippen molar-refractivity contribution in [2.24, 2.45) is 23.7 Å². The standard InChI is InChI=1S/C62H90N10O16S/c1-9-40(4)54(50(82-7)37-52(74)71-26-14-18-49(71)56(83-8)41(5)57(75)63-48(61(78)79)35-42-15-11-10-12-16-42)69(6)60(77)53(39(2)3)64-58(76)55-44-20-23-46(36-44)72(55)51(73)19-13-17-45-38-70(68-65-45)27-28-84-29-30-85-31-32-86-33-34-87-47-24-21-43(22-25-47)59-66-67-62(88-59)89(80)81/h10-12,15-16,21-22,24-25,38-41,44,46,48-50,53-56H,9,13-14,17-20,23,26-37H2,1-8H3,(H,63,75)(H,64,76)(H,78,79)(H,80,81)/p-1/t40-,41+,44-,46+,48-,49-,50+,53-,54-,55-,56+/m0/s1. The van der Waals surface area contributed by atoms with Crippen LogP contribution in [0.1, 0.15) is 104 Å². The molecule has 2 saturated heterocycles. The number of likely N-dealkylation sites (N-methyl/N-ethyl adjacent to an activating group) is 1. The van der Waals surface area contributed by atoms with Crippen LogP contribution in [0.3, 0.4) is 0 Å². The normalized spacial score (nSPS) is 19.9. The highest BCUT2D eigenvalue weighted by Crippen LogP contribution is 2.43. The fourth-order valence-electron chi connectivity index (χ4n) is 12.4. The summed E-state index contributed by atoms with van der Waals surface area (Å²) in [5.41, 5.74) is 2.05. The van der Waals surface area contributed by atoms with Gasteiger partial charge in [-0.1, -0.05) is 81.7 Å². The third-order valence-electron chi connectivity index (χ3n) is 17.3. The van der Waals surface area contributed by atoms with Crippen LogP contribution < -0.4 is 15.4 Å². The minimum Gasteiger partial charge on any atom is -0.765 e. The molecule has 3 fully saturated rings. The van der Waals surface area contributed by atoms with Gasteiger partial charge in [-0.15, -0.1) is 10.2 Å². The van der Waals surface area contributed by atoms with Gasteiger partial charge in [-0.05, 0) is 92.5 Å². The van der Waals surface area contributed by atoms with E-state index in [-0.39, 0.29) is 72.6 Å². The number of ether oxygens (including phenoxy) is 6. The van der Waals surface area contributed by atoms with Crippen LogP contribution in [0.15, 0.2) is 70.4 Å². The number of nitrogens with one attached hydrogen (secondary N) is 2. The van der Waals surface area contributed by atoms with Crippen molar-refractivity contribution in [3.8, 4) is 17.2 Å². The summed E-state index contributed by atoms with van der Waals surface area (Å²) in [4.78, 5) is 88.9. The third kappa shape index (κ3) is 19.1. The summed E-state index contributed by atoms with van der Waals surface area (Å²) in [7, 11) is 4.69. The molecule has 26 nitrogen and oxygen atoms in total. The van der Waals surface area contributed by atoms with Gasteiger partial charge in [0.05, 0.1) is 88.5 Å². The van der Waals surface area contributed by atoms with Crippen LogP contribution in [0.25, 0.3) is 11.5 Å². The molecule has 1 unspecified atom stereocenters. The Morgan fingerprint density at radius 3 is 2.19 bits per heavy atom. The summed E-state index contributed by atoms with van der Waals surface area (Å²) in [5, 5.41) is 31.0. The Labute approximate surface area is 523 Å². The molecule has 4 aromatic rings. The number of rotatable bonds is 38. The van der Waals surface area contributed by atoms with Gasteiger partial charge < -0.3 is 67.8 Å². The number of carboxylic acid groups (broad SMARTS) is 1. The van der Waals surface area contributed by atoms with Gasteiger partial charge in [-0.3, -0.25) is 28.2 Å². The average Bonchev–Trinajstić information content (AvgIpc) is 1.99. The maximum atomic E-state index is 14.8. The number of aliphatic carboxylic acids is 1. The van der Waals surface area contributed by atoms with Crippen molar-refractivity contribution in [3.63, 3.8) is 0 Å². The fourth-order valence-corrected chi connectivity index (χ4v) is 12.7. The first kappa shape index (κ1) is 69.7. The number of aromatic nitrogens is 5. The SMILES string of the molecule is CC[C@H](C)[C@@H]([C@@H](CC(=O)N1CCC[C@H]1[C@H](OC)[C@@H](C)C(=O)N[C@@H](Cc1ccccc1)C(=O)O)OC)N(C)C(=O)[C@@H](NC(=O)[C@@H]1[C@H]2CC[C@H](C2)N1C(=O)CCCc1cn(CCOCCOCCOCCOc2ccc(-c3nnc(S(=O)[O-])o3)cc2)nn1)C(C)C. The van der Waals surface area contributed by atoms with Crippen molar-refractivity contribution >= 4 is 46.6 Å². The topological polar surface area (TPSA) is 322 Å².